The highest BCUT2D eigenvalue weighted by molar-refractivity contribution is 6.61. The lowest BCUT2D eigenvalue weighted by Crippen LogP contribution is -2.47. The van der Waals surface area contributed by atoms with Crippen molar-refractivity contribution in [2.24, 2.45) is 0 Å². The zero-order valence-corrected chi connectivity index (χ0v) is 23.9. The van der Waals surface area contributed by atoms with Crippen molar-refractivity contribution in [3.63, 3.8) is 0 Å². The van der Waals surface area contributed by atoms with Crippen molar-refractivity contribution in [2.45, 2.75) is 66.5 Å². The second-order valence-corrected chi connectivity index (χ2v) is 12.8. The lowest BCUT2D eigenvalue weighted by molar-refractivity contribution is 0.0705. The van der Waals surface area contributed by atoms with Gasteiger partial charge in [-0.25, -0.2) is 9.97 Å². The van der Waals surface area contributed by atoms with Crippen LogP contribution in [0.2, 0.25) is 12.1 Å². The van der Waals surface area contributed by atoms with E-state index in [-0.39, 0.29) is 5.95 Å². The van der Waals surface area contributed by atoms with E-state index in [1.165, 1.54) is 6.33 Å². The number of hydrogen-bond acceptors (Lipinski definition) is 11. The van der Waals surface area contributed by atoms with Crippen LogP contribution in [0.1, 0.15) is 54.4 Å². The van der Waals surface area contributed by atoms with Crippen LogP contribution in [0, 0.1) is 0 Å². The fraction of sp³-hybridized carbons (Fsp3) is 0.857. The minimum atomic E-state index is -2.73. The van der Waals surface area contributed by atoms with E-state index >= 15 is 0 Å². The number of hydrogen-bond donors (Lipinski definition) is 1. The molecule has 11 nitrogen and oxygen atoms in total. The maximum atomic E-state index is 5.99. The van der Waals surface area contributed by atoms with Crippen molar-refractivity contribution >= 4 is 29.5 Å². The summed E-state index contributed by atoms with van der Waals surface area (Å²) in [6.45, 7) is 16.5. The average molecular weight is 520 g/mol. The summed E-state index contributed by atoms with van der Waals surface area (Å²) >= 11 is 0. The van der Waals surface area contributed by atoms with E-state index in [9.17, 15) is 0 Å². The van der Waals surface area contributed by atoms with Crippen LogP contribution in [0.3, 0.4) is 0 Å². The van der Waals surface area contributed by atoms with Crippen LogP contribution >= 0.6 is 0 Å². The molecule has 0 bridgehead atoms. The van der Waals surface area contributed by atoms with Crippen molar-refractivity contribution < 1.29 is 26.6 Å². The molecular weight excluding hydrogens is 474 g/mol. The molecule has 0 atom stereocenters. The van der Waals surface area contributed by atoms with E-state index in [4.69, 9.17) is 32.3 Å². The number of anilines is 2. The SMILES string of the molecule is CCO[Si](CCCN(CCC[Si](OCC)(OCC)OCC)c1ncnc(N)n1)(OCC)OCC. The van der Waals surface area contributed by atoms with Crippen LogP contribution in [0.15, 0.2) is 6.33 Å². The molecule has 0 aliphatic rings. The highest BCUT2D eigenvalue weighted by Crippen LogP contribution is 2.22. The maximum absolute atomic E-state index is 5.99. The van der Waals surface area contributed by atoms with E-state index < -0.39 is 17.6 Å². The molecular formula is C21H45N5O6Si2. The van der Waals surface area contributed by atoms with Gasteiger partial charge in [-0.05, 0) is 54.4 Å². The Balaban J connectivity index is 2.91. The second kappa shape index (κ2) is 17.3. The maximum Gasteiger partial charge on any atom is 0.500 e. The number of nitrogens with two attached hydrogens (primary N) is 1. The Morgan fingerprint density at radius 2 is 1.06 bits per heavy atom. The minimum Gasteiger partial charge on any atom is -0.374 e. The number of nitrogens with zero attached hydrogens (tertiary/aromatic N) is 4. The second-order valence-electron chi connectivity index (χ2n) is 7.30. The molecule has 34 heavy (non-hydrogen) atoms. The molecule has 0 spiro atoms. The van der Waals surface area contributed by atoms with Crippen LogP contribution in [-0.2, 0) is 26.6 Å². The molecule has 0 aromatic carbocycles. The fourth-order valence-electron chi connectivity index (χ4n) is 3.74. The first-order valence-electron chi connectivity index (χ1n) is 12.5. The van der Waals surface area contributed by atoms with Gasteiger partial charge in [0.15, 0.2) is 0 Å². The topological polar surface area (TPSA) is 123 Å². The molecule has 1 rings (SSSR count). The zero-order valence-electron chi connectivity index (χ0n) is 21.9. The first-order valence-corrected chi connectivity index (χ1v) is 16.3. The molecule has 0 unspecified atom stereocenters. The van der Waals surface area contributed by atoms with E-state index in [1.807, 2.05) is 41.5 Å². The zero-order chi connectivity index (χ0) is 25.3. The van der Waals surface area contributed by atoms with Crippen LogP contribution in [0.4, 0.5) is 11.9 Å². The Bertz CT molecular complexity index is 598. The van der Waals surface area contributed by atoms with Gasteiger partial charge in [0, 0.05) is 64.8 Å². The molecule has 0 saturated carbocycles. The van der Waals surface area contributed by atoms with Crippen LogP contribution in [-0.4, -0.2) is 85.3 Å². The fourth-order valence-corrected chi connectivity index (χ4v) is 8.93. The van der Waals surface area contributed by atoms with Gasteiger partial charge < -0.3 is 37.2 Å². The predicted molar refractivity (Wildman–Crippen MR) is 137 cm³/mol. The molecule has 1 aromatic rings. The van der Waals surface area contributed by atoms with Crippen molar-refractivity contribution in [3.8, 4) is 0 Å². The summed E-state index contributed by atoms with van der Waals surface area (Å²) in [6, 6.07) is 1.41. The molecule has 1 aromatic heterocycles. The third-order valence-electron chi connectivity index (χ3n) is 4.87. The van der Waals surface area contributed by atoms with Crippen LogP contribution in [0.25, 0.3) is 0 Å². The van der Waals surface area contributed by atoms with Gasteiger partial charge in [-0.15, -0.1) is 0 Å². The summed E-state index contributed by atoms with van der Waals surface area (Å²) in [4.78, 5) is 14.7. The quantitative estimate of drug-likeness (QED) is 0.241. The molecule has 0 saturated heterocycles. The van der Waals surface area contributed by atoms with Gasteiger partial charge in [-0.2, -0.15) is 4.98 Å². The highest BCUT2D eigenvalue weighted by atomic mass is 28.4. The van der Waals surface area contributed by atoms with Crippen molar-refractivity contribution in [3.05, 3.63) is 6.33 Å². The summed E-state index contributed by atoms with van der Waals surface area (Å²) < 4.78 is 36.0. The Morgan fingerprint density at radius 1 is 0.676 bits per heavy atom. The van der Waals surface area contributed by atoms with Gasteiger partial charge in [0.2, 0.25) is 11.9 Å². The first kappa shape index (κ1) is 30.8. The normalized spacial score (nSPS) is 12.3. The smallest absolute Gasteiger partial charge is 0.374 e. The van der Waals surface area contributed by atoms with Gasteiger partial charge in [-0.3, -0.25) is 0 Å². The average Bonchev–Trinajstić information content (AvgIpc) is 2.79. The van der Waals surface area contributed by atoms with E-state index in [0.717, 1.165) is 12.8 Å². The molecule has 0 amide bonds. The number of aromatic nitrogens is 3. The molecule has 0 aliphatic heterocycles. The molecule has 0 aliphatic carbocycles. The lowest BCUT2D eigenvalue weighted by Gasteiger charge is -2.31. The van der Waals surface area contributed by atoms with E-state index in [1.54, 1.807) is 0 Å². The van der Waals surface area contributed by atoms with Crippen LogP contribution in [0.5, 0.6) is 0 Å². The summed E-state index contributed by atoms with van der Waals surface area (Å²) in [5.41, 5.74) is 5.83. The van der Waals surface area contributed by atoms with Crippen molar-refractivity contribution in [1.29, 1.82) is 0 Å². The molecule has 1 heterocycles. The van der Waals surface area contributed by atoms with Crippen LogP contribution < -0.4 is 10.6 Å². The third-order valence-corrected chi connectivity index (χ3v) is 11.2. The van der Waals surface area contributed by atoms with E-state index in [0.29, 0.717) is 70.8 Å². The third kappa shape index (κ3) is 10.6. The largest absolute Gasteiger partial charge is 0.500 e. The lowest BCUT2D eigenvalue weighted by atomic mass is 10.3. The molecule has 198 valence electrons. The Kier molecular flexibility index (Phi) is 15.7. The Labute approximate surface area is 207 Å². The van der Waals surface area contributed by atoms with Gasteiger partial charge in [0.25, 0.3) is 0 Å². The van der Waals surface area contributed by atoms with Gasteiger partial charge >= 0.3 is 17.6 Å². The van der Waals surface area contributed by atoms with Crippen molar-refractivity contribution in [1.82, 2.24) is 15.0 Å². The van der Waals surface area contributed by atoms with Gasteiger partial charge in [-0.1, -0.05) is 0 Å². The minimum absolute atomic E-state index is 0.193. The molecule has 0 fully saturated rings. The van der Waals surface area contributed by atoms with E-state index in [2.05, 4.69) is 19.9 Å². The molecule has 0 radical (unpaired) electrons. The number of rotatable bonds is 21. The summed E-state index contributed by atoms with van der Waals surface area (Å²) in [7, 11) is -5.45. The standard InChI is InChI=1S/C21H45N5O6Si2/c1-7-27-33(28-8-2,29-9-3)17-13-15-26(21-24-19-23-20(22)25-21)16-14-18-34(30-10-4,31-11-5)32-12-6/h19H,7-18H2,1-6H3,(H2,22,23,24,25). The summed E-state index contributed by atoms with van der Waals surface area (Å²) in [5, 5.41) is 0. The predicted octanol–water partition coefficient (Wildman–Crippen LogP) is 3.14. The summed E-state index contributed by atoms with van der Waals surface area (Å²) in [6.07, 6.45) is 3.02. The highest BCUT2D eigenvalue weighted by Gasteiger charge is 2.41. The van der Waals surface area contributed by atoms with Gasteiger partial charge in [0.1, 0.15) is 6.33 Å². The number of nitrogen functional groups attached to an aromatic ring is 1. The molecule has 2 N–H and O–H groups in total. The Hall–Kier alpha value is -1.20. The van der Waals surface area contributed by atoms with Crippen molar-refractivity contribution in [2.75, 3.05) is 63.4 Å². The summed E-state index contributed by atoms with van der Waals surface area (Å²) in [5.74, 6) is 0.735. The molecule has 13 heteroatoms. The Morgan fingerprint density at radius 3 is 1.38 bits per heavy atom. The van der Waals surface area contributed by atoms with Gasteiger partial charge in [0.05, 0.1) is 0 Å². The first-order chi connectivity index (χ1) is 16.4. The monoisotopic (exact) mass is 519 g/mol.